The molecule has 0 bridgehead atoms. The highest BCUT2D eigenvalue weighted by Crippen LogP contribution is 2.36. The van der Waals surface area contributed by atoms with Gasteiger partial charge in [-0.3, -0.25) is 4.79 Å². The number of nitrogens with zero attached hydrogens (tertiary/aromatic N) is 3. The first kappa shape index (κ1) is 21.2. The van der Waals surface area contributed by atoms with Crippen molar-refractivity contribution < 1.29 is 4.79 Å². The zero-order valence-electron chi connectivity index (χ0n) is 18.3. The Morgan fingerprint density at radius 2 is 1.71 bits per heavy atom. The second kappa shape index (κ2) is 8.98. The van der Waals surface area contributed by atoms with Gasteiger partial charge in [0.15, 0.2) is 0 Å². The number of nitrogens with one attached hydrogen (secondary N) is 2. The van der Waals surface area contributed by atoms with Crippen LogP contribution in [0.15, 0.2) is 65.0 Å². The maximum Gasteiger partial charge on any atom is 0.255 e. The molecular weight excluding hydrogens is 406 g/mol. The van der Waals surface area contributed by atoms with Crippen LogP contribution >= 0.6 is 11.8 Å². The number of carbonyl (C=O) groups excluding carboxylic acids is 1. The maximum atomic E-state index is 13.4. The highest BCUT2D eigenvalue weighted by Gasteiger charge is 2.34. The molecule has 1 unspecified atom stereocenters. The summed E-state index contributed by atoms with van der Waals surface area (Å²) in [6, 6.07) is 15.7. The van der Waals surface area contributed by atoms with Crippen LogP contribution in [0.25, 0.3) is 0 Å². The molecule has 2 N–H and O–H groups in total. The van der Waals surface area contributed by atoms with Crippen LogP contribution < -0.4 is 10.6 Å². The summed E-state index contributed by atoms with van der Waals surface area (Å²) in [5.41, 5.74) is 5.49. The standard InChI is InChI=1S/C24H27N5OS/c1-5-14-31-24-27-23-25-17(4)20(22(30)26-19-12-8-16(3)9-13-19)21(29(23)28-24)18-10-6-15(2)7-11-18/h6-13,21H,5,14H2,1-4H3,(H,26,30)(H,25,27,28). The van der Waals surface area contributed by atoms with Crippen molar-refractivity contribution in [3.63, 3.8) is 0 Å². The number of anilines is 2. The van der Waals surface area contributed by atoms with Gasteiger partial charge < -0.3 is 10.6 Å². The van der Waals surface area contributed by atoms with E-state index in [1.807, 2.05) is 42.8 Å². The molecule has 31 heavy (non-hydrogen) atoms. The molecule has 2 aromatic carbocycles. The Labute approximate surface area is 187 Å². The van der Waals surface area contributed by atoms with E-state index < -0.39 is 0 Å². The number of aryl methyl sites for hydroxylation is 2. The minimum atomic E-state index is -0.356. The maximum absolute atomic E-state index is 13.4. The number of fused-ring (bicyclic) bond motifs is 1. The lowest BCUT2D eigenvalue weighted by atomic mass is 9.94. The fraction of sp³-hybridized carbons (Fsp3) is 0.292. The van der Waals surface area contributed by atoms with Crippen molar-refractivity contribution >= 4 is 29.3 Å². The van der Waals surface area contributed by atoms with Crippen LogP contribution in [0.5, 0.6) is 0 Å². The summed E-state index contributed by atoms with van der Waals surface area (Å²) in [5, 5.41) is 11.8. The first-order chi connectivity index (χ1) is 15.0. The van der Waals surface area contributed by atoms with Crippen molar-refractivity contribution in [2.24, 2.45) is 0 Å². The first-order valence-electron chi connectivity index (χ1n) is 10.5. The summed E-state index contributed by atoms with van der Waals surface area (Å²) in [7, 11) is 0. The summed E-state index contributed by atoms with van der Waals surface area (Å²) in [4.78, 5) is 18.1. The minimum Gasteiger partial charge on any atom is -0.328 e. The zero-order valence-corrected chi connectivity index (χ0v) is 19.1. The largest absolute Gasteiger partial charge is 0.328 e. The van der Waals surface area contributed by atoms with Crippen LogP contribution in [0.3, 0.4) is 0 Å². The number of rotatable bonds is 6. The lowest BCUT2D eigenvalue weighted by Gasteiger charge is -2.28. The average Bonchev–Trinajstić information content (AvgIpc) is 3.15. The fourth-order valence-corrected chi connectivity index (χ4v) is 4.26. The molecule has 1 amide bonds. The van der Waals surface area contributed by atoms with Crippen LogP contribution in [0.4, 0.5) is 11.6 Å². The van der Waals surface area contributed by atoms with Crippen LogP contribution in [0.1, 0.15) is 43.0 Å². The van der Waals surface area contributed by atoms with Crippen LogP contribution in [-0.2, 0) is 4.79 Å². The Morgan fingerprint density at radius 1 is 1.06 bits per heavy atom. The van der Waals surface area contributed by atoms with E-state index in [1.165, 1.54) is 5.56 Å². The van der Waals surface area contributed by atoms with Gasteiger partial charge in [-0.25, -0.2) is 4.68 Å². The Bertz CT molecular complexity index is 1120. The van der Waals surface area contributed by atoms with E-state index >= 15 is 0 Å². The quantitative estimate of drug-likeness (QED) is 0.515. The van der Waals surface area contributed by atoms with E-state index in [0.29, 0.717) is 11.5 Å². The molecule has 1 atom stereocenters. The van der Waals surface area contributed by atoms with Gasteiger partial charge in [0.1, 0.15) is 6.04 Å². The summed E-state index contributed by atoms with van der Waals surface area (Å²) in [6.07, 6.45) is 1.05. The van der Waals surface area contributed by atoms with Gasteiger partial charge in [-0.15, -0.1) is 5.10 Å². The Hall–Kier alpha value is -3.06. The third-order valence-corrected chi connectivity index (χ3v) is 6.26. The third-order valence-electron chi connectivity index (χ3n) is 5.22. The van der Waals surface area contributed by atoms with Crippen LogP contribution in [0.2, 0.25) is 0 Å². The molecule has 160 valence electrons. The molecule has 4 rings (SSSR count). The smallest absolute Gasteiger partial charge is 0.255 e. The zero-order chi connectivity index (χ0) is 22.0. The van der Waals surface area contributed by atoms with Gasteiger partial charge in [-0.1, -0.05) is 66.2 Å². The lowest BCUT2D eigenvalue weighted by Crippen LogP contribution is -2.31. The Morgan fingerprint density at radius 3 is 2.35 bits per heavy atom. The van der Waals surface area contributed by atoms with Crippen molar-refractivity contribution in [1.29, 1.82) is 0 Å². The highest BCUT2D eigenvalue weighted by molar-refractivity contribution is 7.99. The van der Waals surface area contributed by atoms with Crippen molar-refractivity contribution in [3.8, 4) is 0 Å². The molecule has 3 aromatic rings. The molecular formula is C24H27N5OS. The summed E-state index contributed by atoms with van der Waals surface area (Å²) >= 11 is 1.63. The molecule has 1 aliphatic heterocycles. The molecule has 2 heterocycles. The van der Waals surface area contributed by atoms with Gasteiger partial charge in [0.2, 0.25) is 11.1 Å². The number of aromatic nitrogens is 3. The van der Waals surface area contributed by atoms with E-state index in [4.69, 9.17) is 5.10 Å². The van der Waals surface area contributed by atoms with Gasteiger partial charge in [-0.05, 0) is 44.9 Å². The first-order valence-corrected chi connectivity index (χ1v) is 11.5. The molecule has 0 aliphatic carbocycles. The molecule has 7 heteroatoms. The molecule has 1 aliphatic rings. The van der Waals surface area contributed by atoms with Crippen LogP contribution in [-0.4, -0.2) is 26.4 Å². The predicted octanol–water partition coefficient (Wildman–Crippen LogP) is 5.32. The van der Waals surface area contributed by atoms with E-state index in [0.717, 1.165) is 39.8 Å². The number of benzene rings is 2. The van der Waals surface area contributed by atoms with Crippen molar-refractivity contribution in [2.45, 2.75) is 45.3 Å². The minimum absolute atomic E-state index is 0.150. The molecule has 0 saturated heterocycles. The van der Waals surface area contributed by atoms with Gasteiger partial charge in [0.05, 0.1) is 5.57 Å². The highest BCUT2D eigenvalue weighted by atomic mass is 32.2. The van der Waals surface area contributed by atoms with Crippen molar-refractivity contribution in [2.75, 3.05) is 16.4 Å². The van der Waals surface area contributed by atoms with Gasteiger partial charge in [0.25, 0.3) is 5.91 Å². The Balaban J connectivity index is 1.74. The van der Waals surface area contributed by atoms with Gasteiger partial charge in [0, 0.05) is 17.1 Å². The van der Waals surface area contributed by atoms with E-state index in [1.54, 1.807) is 11.8 Å². The second-order valence-electron chi connectivity index (χ2n) is 7.81. The van der Waals surface area contributed by atoms with Crippen LogP contribution in [0, 0.1) is 13.8 Å². The predicted molar refractivity (Wildman–Crippen MR) is 126 cm³/mol. The number of thioether (sulfide) groups is 1. The van der Waals surface area contributed by atoms with Crippen molar-refractivity contribution in [1.82, 2.24) is 14.8 Å². The second-order valence-corrected chi connectivity index (χ2v) is 8.87. The summed E-state index contributed by atoms with van der Waals surface area (Å²) in [5.74, 6) is 1.46. The normalized spacial score (nSPS) is 15.4. The van der Waals surface area contributed by atoms with Crippen molar-refractivity contribution in [3.05, 3.63) is 76.5 Å². The monoisotopic (exact) mass is 433 g/mol. The number of carbonyl (C=O) groups is 1. The average molecular weight is 434 g/mol. The van der Waals surface area contributed by atoms with E-state index in [-0.39, 0.29) is 11.9 Å². The third kappa shape index (κ3) is 4.51. The molecule has 0 radical (unpaired) electrons. The lowest BCUT2D eigenvalue weighted by molar-refractivity contribution is -0.113. The molecule has 0 saturated carbocycles. The number of hydrogen-bond donors (Lipinski definition) is 2. The molecule has 6 nitrogen and oxygen atoms in total. The molecule has 1 aromatic heterocycles. The SMILES string of the molecule is CCCSc1nc2n(n1)C(c1ccc(C)cc1)C(C(=O)Nc1ccc(C)cc1)=C(C)N2. The van der Waals surface area contributed by atoms with E-state index in [9.17, 15) is 4.79 Å². The molecule has 0 spiro atoms. The summed E-state index contributed by atoms with van der Waals surface area (Å²) < 4.78 is 1.83. The fourth-order valence-electron chi connectivity index (χ4n) is 3.57. The number of amides is 1. The summed E-state index contributed by atoms with van der Waals surface area (Å²) in [6.45, 7) is 8.13. The molecule has 0 fully saturated rings. The number of allylic oxidation sites excluding steroid dienone is 1. The number of hydrogen-bond acceptors (Lipinski definition) is 5. The Kier molecular flexibility index (Phi) is 6.13. The topological polar surface area (TPSA) is 71.8 Å². The van der Waals surface area contributed by atoms with Gasteiger partial charge in [-0.2, -0.15) is 4.98 Å². The van der Waals surface area contributed by atoms with Gasteiger partial charge >= 0.3 is 0 Å². The van der Waals surface area contributed by atoms with E-state index in [2.05, 4.69) is 53.7 Å².